The molecule has 1 saturated carbocycles. The van der Waals surface area contributed by atoms with E-state index in [1.54, 1.807) is 12.3 Å². The van der Waals surface area contributed by atoms with Crippen molar-refractivity contribution in [3.05, 3.63) is 34.6 Å². The van der Waals surface area contributed by atoms with Crippen molar-refractivity contribution in [3.8, 4) is 0 Å². The van der Waals surface area contributed by atoms with E-state index in [1.165, 1.54) is 23.8 Å². The van der Waals surface area contributed by atoms with E-state index in [9.17, 15) is 0 Å². The lowest BCUT2D eigenvalue weighted by Gasteiger charge is -2.42. The smallest absolute Gasteiger partial charge is 0.158 e. The molecule has 2 fully saturated rings. The van der Waals surface area contributed by atoms with Crippen LogP contribution in [0.4, 0.5) is 17.5 Å². The fraction of sp³-hybridized carbons (Fsp3) is 0.476. The quantitative estimate of drug-likeness (QED) is 0.610. The van der Waals surface area contributed by atoms with Crippen LogP contribution in [-0.2, 0) is 0 Å². The largest absolute Gasteiger partial charge is 0.382 e. The average Bonchev–Trinajstić information content (AvgIpc) is 3.04. The second-order valence-electron chi connectivity index (χ2n) is 8.12. The zero-order chi connectivity index (χ0) is 21.5. The van der Waals surface area contributed by atoms with Crippen LogP contribution in [-0.4, -0.2) is 34.1 Å². The van der Waals surface area contributed by atoms with Gasteiger partial charge in [-0.15, -0.1) is 0 Å². The molecule has 2 aliphatic rings. The molecule has 2 aromatic rings. The van der Waals surface area contributed by atoms with E-state index in [2.05, 4.69) is 22.9 Å². The average molecular weight is 446 g/mol. The molecule has 160 valence electrons. The normalized spacial score (nSPS) is 22.2. The number of aromatic nitrogens is 3. The highest BCUT2D eigenvalue weighted by Crippen LogP contribution is 2.48. The minimum absolute atomic E-state index is 0.179. The van der Waals surface area contributed by atoms with Gasteiger partial charge in [0.25, 0.3) is 0 Å². The Morgan fingerprint density at radius 2 is 1.93 bits per heavy atom. The number of hydrogen-bond donors (Lipinski definition) is 3. The third kappa shape index (κ3) is 3.72. The Morgan fingerprint density at radius 3 is 2.60 bits per heavy atom. The van der Waals surface area contributed by atoms with Gasteiger partial charge in [-0.2, -0.15) is 0 Å². The molecule has 1 atom stereocenters. The molecule has 3 heterocycles. The summed E-state index contributed by atoms with van der Waals surface area (Å²) in [5.74, 6) is 1.53. The summed E-state index contributed by atoms with van der Waals surface area (Å²) < 4.78 is 0. The highest BCUT2D eigenvalue weighted by atomic mass is 35.5. The molecular weight excluding hydrogens is 418 g/mol. The molecule has 1 saturated heterocycles. The molecule has 1 aliphatic heterocycles. The first kappa shape index (κ1) is 21.2. The number of anilines is 3. The maximum Gasteiger partial charge on any atom is 0.158 e. The number of halogens is 1. The van der Waals surface area contributed by atoms with E-state index in [4.69, 9.17) is 38.8 Å². The molecule has 0 aromatic carbocycles. The van der Waals surface area contributed by atoms with E-state index in [1.807, 2.05) is 6.92 Å². The maximum atomic E-state index is 6.59. The Labute approximate surface area is 186 Å². The van der Waals surface area contributed by atoms with E-state index >= 15 is 0 Å². The van der Waals surface area contributed by atoms with Crippen molar-refractivity contribution in [2.75, 3.05) is 29.5 Å². The van der Waals surface area contributed by atoms with Crippen LogP contribution < -0.4 is 22.1 Å². The van der Waals surface area contributed by atoms with Crippen molar-refractivity contribution in [1.29, 1.82) is 0 Å². The summed E-state index contributed by atoms with van der Waals surface area (Å²) in [5, 5.41) is 1.02. The van der Waals surface area contributed by atoms with Gasteiger partial charge in [-0.1, -0.05) is 35.0 Å². The minimum atomic E-state index is 0.179. The van der Waals surface area contributed by atoms with Gasteiger partial charge in [0.1, 0.15) is 10.8 Å². The third-order valence-electron chi connectivity index (χ3n) is 6.53. The number of rotatable bonds is 3. The van der Waals surface area contributed by atoms with E-state index in [0.717, 1.165) is 48.8 Å². The molecular formula is C21H28ClN7S. The number of aryl methyl sites for hydroxylation is 1. The summed E-state index contributed by atoms with van der Waals surface area (Å²) in [7, 11) is 0. The van der Waals surface area contributed by atoms with Crippen molar-refractivity contribution < 1.29 is 0 Å². The molecule has 0 radical (unpaired) electrons. The highest BCUT2D eigenvalue weighted by molar-refractivity contribution is 7.99. The lowest BCUT2D eigenvalue weighted by molar-refractivity contribution is 0.205. The predicted molar refractivity (Wildman–Crippen MR) is 124 cm³/mol. The van der Waals surface area contributed by atoms with Gasteiger partial charge >= 0.3 is 0 Å². The van der Waals surface area contributed by atoms with E-state index in [0.29, 0.717) is 15.9 Å². The molecule has 7 nitrogen and oxygen atoms in total. The Balaban J connectivity index is 1.51. The lowest BCUT2D eigenvalue weighted by atomic mass is 9.74. The van der Waals surface area contributed by atoms with Crippen molar-refractivity contribution in [3.63, 3.8) is 0 Å². The SMILES string of the molecule is CC=C1CCC2(CCN(c3nc(N)c(Sc4ccnc(N)c4Cl)nc3C)CC2)C1N. The first-order chi connectivity index (χ1) is 14.3. The highest BCUT2D eigenvalue weighted by Gasteiger charge is 2.45. The van der Waals surface area contributed by atoms with Crippen LogP contribution in [0.15, 0.2) is 33.8 Å². The first-order valence-corrected chi connectivity index (χ1v) is 11.4. The van der Waals surface area contributed by atoms with E-state index in [-0.39, 0.29) is 17.3 Å². The second kappa shape index (κ2) is 8.24. The predicted octanol–water partition coefficient (Wildman–Crippen LogP) is 3.80. The molecule has 30 heavy (non-hydrogen) atoms. The number of nitrogens with zero attached hydrogens (tertiary/aromatic N) is 4. The summed E-state index contributed by atoms with van der Waals surface area (Å²) in [5.41, 5.74) is 21.1. The molecule has 9 heteroatoms. The van der Waals surface area contributed by atoms with Crippen LogP contribution in [0, 0.1) is 12.3 Å². The van der Waals surface area contributed by atoms with Gasteiger partial charge in [0, 0.05) is 30.2 Å². The summed E-state index contributed by atoms with van der Waals surface area (Å²) in [6.45, 7) is 5.90. The number of piperidine rings is 1. The molecule has 1 unspecified atom stereocenters. The van der Waals surface area contributed by atoms with E-state index < -0.39 is 0 Å². The van der Waals surface area contributed by atoms with Gasteiger partial charge in [-0.3, -0.25) is 0 Å². The number of nitrogen functional groups attached to an aromatic ring is 2. The topological polar surface area (TPSA) is 120 Å². The van der Waals surface area contributed by atoms with Crippen molar-refractivity contribution in [1.82, 2.24) is 15.0 Å². The Hall–Kier alpha value is -2.03. The molecule has 0 bridgehead atoms. The molecule has 2 aromatic heterocycles. The summed E-state index contributed by atoms with van der Waals surface area (Å²) in [6.07, 6.45) is 8.24. The monoisotopic (exact) mass is 445 g/mol. The Kier molecular flexibility index (Phi) is 5.83. The van der Waals surface area contributed by atoms with Crippen molar-refractivity contribution in [2.24, 2.45) is 11.1 Å². The zero-order valence-corrected chi connectivity index (χ0v) is 18.9. The number of allylic oxidation sites excluding steroid dienone is 1. The van der Waals surface area contributed by atoms with Gasteiger partial charge < -0.3 is 22.1 Å². The van der Waals surface area contributed by atoms with Gasteiger partial charge in [0.2, 0.25) is 0 Å². The molecule has 4 rings (SSSR count). The van der Waals surface area contributed by atoms with Crippen LogP contribution in [0.25, 0.3) is 0 Å². The van der Waals surface area contributed by atoms with Gasteiger partial charge in [0.05, 0.1) is 10.7 Å². The maximum absolute atomic E-state index is 6.59. The molecule has 1 aliphatic carbocycles. The fourth-order valence-corrected chi connectivity index (χ4v) is 5.74. The van der Waals surface area contributed by atoms with Crippen LogP contribution >= 0.6 is 23.4 Å². The molecule has 0 amide bonds. The lowest BCUT2D eigenvalue weighted by Crippen LogP contribution is -2.47. The van der Waals surface area contributed by atoms with Gasteiger partial charge in [0.15, 0.2) is 11.6 Å². The molecule has 6 N–H and O–H groups in total. The van der Waals surface area contributed by atoms with Crippen LogP contribution in [0.5, 0.6) is 0 Å². The second-order valence-corrected chi connectivity index (χ2v) is 9.53. The number of nitrogens with two attached hydrogens (primary N) is 3. The zero-order valence-electron chi connectivity index (χ0n) is 17.4. The van der Waals surface area contributed by atoms with Gasteiger partial charge in [-0.25, -0.2) is 15.0 Å². The van der Waals surface area contributed by atoms with Crippen LogP contribution in [0.2, 0.25) is 5.02 Å². The summed E-state index contributed by atoms with van der Waals surface area (Å²) >= 11 is 7.61. The third-order valence-corrected chi connectivity index (χ3v) is 8.09. The van der Waals surface area contributed by atoms with Gasteiger partial charge in [-0.05, 0) is 51.0 Å². The molecule has 1 spiro atoms. The summed E-state index contributed by atoms with van der Waals surface area (Å²) in [6, 6.07) is 1.97. The first-order valence-electron chi connectivity index (χ1n) is 10.2. The Morgan fingerprint density at radius 1 is 1.20 bits per heavy atom. The number of pyridine rings is 1. The fourth-order valence-electron chi connectivity index (χ4n) is 4.65. The van der Waals surface area contributed by atoms with Crippen molar-refractivity contribution >= 4 is 40.8 Å². The van der Waals surface area contributed by atoms with Crippen LogP contribution in [0.3, 0.4) is 0 Å². The Bertz CT molecular complexity index is 986. The summed E-state index contributed by atoms with van der Waals surface area (Å²) in [4.78, 5) is 16.5. The number of hydrogen-bond acceptors (Lipinski definition) is 8. The minimum Gasteiger partial charge on any atom is -0.382 e. The standard InChI is InChI=1S/C21H28ClN7S/c1-3-13-4-6-21(16(13)23)7-10-29(11-8-21)19-12(2)27-20(18(25)28-19)30-14-5-9-26-17(24)15(14)22/h3,5,9,16H,4,6-8,10-11,23H2,1-2H3,(H2,24,26)(H2,25,28). The van der Waals surface area contributed by atoms with Crippen molar-refractivity contribution in [2.45, 2.75) is 55.5 Å². The van der Waals surface area contributed by atoms with Crippen LogP contribution in [0.1, 0.15) is 38.3 Å².